The van der Waals surface area contributed by atoms with Gasteiger partial charge in [0.25, 0.3) is 0 Å². The molecular weight excluding hydrogens is 238 g/mol. The third kappa shape index (κ3) is 2.55. The van der Waals surface area contributed by atoms with Crippen molar-refractivity contribution in [3.05, 3.63) is 34.9 Å². The van der Waals surface area contributed by atoms with Gasteiger partial charge in [-0.15, -0.1) is 0 Å². The highest BCUT2D eigenvalue weighted by Crippen LogP contribution is 2.32. The Bertz CT molecular complexity index is 534. The van der Waals surface area contributed by atoms with Crippen molar-refractivity contribution < 1.29 is 9.63 Å². The first-order chi connectivity index (χ1) is 8.98. The zero-order valence-corrected chi connectivity index (χ0v) is 12.1. The fourth-order valence-electron chi connectivity index (χ4n) is 2.46. The van der Waals surface area contributed by atoms with Crippen LogP contribution in [-0.4, -0.2) is 17.1 Å². The quantitative estimate of drug-likeness (QED) is 0.829. The van der Waals surface area contributed by atoms with Gasteiger partial charge in [0, 0.05) is 6.42 Å². The van der Waals surface area contributed by atoms with E-state index in [9.17, 15) is 4.79 Å². The van der Waals surface area contributed by atoms with E-state index in [1.165, 1.54) is 11.1 Å². The maximum Gasteiger partial charge on any atom is 0.200 e. The molecule has 1 unspecified atom stereocenters. The van der Waals surface area contributed by atoms with Crippen molar-refractivity contribution in [2.45, 2.75) is 52.6 Å². The van der Waals surface area contributed by atoms with Crippen LogP contribution in [0.15, 0.2) is 23.4 Å². The SMILES string of the molecule is CCCC1(C(C)=O)CC(c2ccc(C)c(C)c2)=NO1. The van der Waals surface area contributed by atoms with Crippen molar-refractivity contribution in [3.63, 3.8) is 0 Å². The Morgan fingerprint density at radius 2 is 2.11 bits per heavy atom. The second-order valence-electron chi connectivity index (χ2n) is 5.41. The molecule has 0 radical (unpaired) electrons. The second-order valence-corrected chi connectivity index (χ2v) is 5.41. The summed E-state index contributed by atoms with van der Waals surface area (Å²) in [6, 6.07) is 6.24. The first kappa shape index (κ1) is 13.8. The molecule has 3 heteroatoms. The molecule has 1 aromatic rings. The van der Waals surface area contributed by atoms with Gasteiger partial charge in [0.15, 0.2) is 5.78 Å². The lowest BCUT2D eigenvalue weighted by Gasteiger charge is -2.22. The van der Waals surface area contributed by atoms with Gasteiger partial charge >= 0.3 is 0 Å². The average Bonchev–Trinajstić information content (AvgIpc) is 2.79. The molecule has 0 amide bonds. The van der Waals surface area contributed by atoms with Crippen LogP contribution in [-0.2, 0) is 9.63 Å². The van der Waals surface area contributed by atoms with Crippen LogP contribution in [0, 0.1) is 13.8 Å². The van der Waals surface area contributed by atoms with Crippen LogP contribution in [0.1, 0.15) is 49.8 Å². The maximum atomic E-state index is 11.9. The predicted octanol–water partition coefficient (Wildman–Crippen LogP) is 3.56. The Morgan fingerprint density at radius 1 is 1.37 bits per heavy atom. The monoisotopic (exact) mass is 259 g/mol. The molecule has 0 aliphatic carbocycles. The van der Waals surface area contributed by atoms with Crippen molar-refractivity contribution in [1.82, 2.24) is 0 Å². The summed E-state index contributed by atoms with van der Waals surface area (Å²) in [6.45, 7) is 7.82. The zero-order chi connectivity index (χ0) is 14.0. The summed E-state index contributed by atoms with van der Waals surface area (Å²) in [5, 5.41) is 4.17. The molecule has 0 bridgehead atoms. The Labute approximate surface area is 114 Å². The Kier molecular flexibility index (Phi) is 3.74. The van der Waals surface area contributed by atoms with Gasteiger partial charge in [-0.3, -0.25) is 4.79 Å². The smallest absolute Gasteiger partial charge is 0.200 e. The van der Waals surface area contributed by atoms with E-state index in [0.29, 0.717) is 6.42 Å². The number of carbonyl (C=O) groups is 1. The Balaban J connectivity index is 2.25. The van der Waals surface area contributed by atoms with Crippen molar-refractivity contribution in [3.8, 4) is 0 Å². The number of oxime groups is 1. The molecule has 102 valence electrons. The fraction of sp³-hybridized carbons (Fsp3) is 0.500. The third-order valence-electron chi connectivity index (χ3n) is 3.92. The summed E-state index contributed by atoms with van der Waals surface area (Å²) >= 11 is 0. The lowest BCUT2D eigenvalue weighted by atomic mass is 9.86. The summed E-state index contributed by atoms with van der Waals surface area (Å²) < 4.78 is 0. The first-order valence-corrected chi connectivity index (χ1v) is 6.82. The predicted molar refractivity (Wildman–Crippen MR) is 76.5 cm³/mol. The summed E-state index contributed by atoms with van der Waals surface area (Å²) in [7, 11) is 0. The zero-order valence-electron chi connectivity index (χ0n) is 12.1. The Hall–Kier alpha value is -1.64. The van der Waals surface area contributed by atoms with Gasteiger partial charge in [0.2, 0.25) is 5.60 Å². The largest absolute Gasteiger partial charge is 0.381 e. The van der Waals surface area contributed by atoms with Crippen LogP contribution in [0.4, 0.5) is 0 Å². The van der Waals surface area contributed by atoms with E-state index >= 15 is 0 Å². The summed E-state index contributed by atoms with van der Waals surface area (Å²) in [5.74, 6) is 0.0666. The van der Waals surface area contributed by atoms with E-state index in [0.717, 1.165) is 24.1 Å². The molecular formula is C16H21NO2. The molecule has 0 saturated heterocycles. The van der Waals surface area contributed by atoms with E-state index in [1.54, 1.807) is 6.92 Å². The summed E-state index contributed by atoms with van der Waals surface area (Å²) in [5.41, 5.74) is 3.70. The van der Waals surface area contributed by atoms with Crippen molar-refractivity contribution in [2.24, 2.45) is 5.16 Å². The minimum Gasteiger partial charge on any atom is -0.381 e. The number of benzene rings is 1. The van der Waals surface area contributed by atoms with Crippen LogP contribution < -0.4 is 0 Å². The fourth-order valence-corrected chi connectivity index (χ4v) is 2.46. The van der Waals surface area contributed by atoms with E-state index in [4.69, 9.17) is 4.84 Å². The number of carbonyl (C=O) groups excluding carboxylic acids is 1. The van der Waals surface area contributed by atoms with Gasteiger partial charge < -0.3 is 4.84 Å². The standard InChI is InChI=1S/C16H21NO2/c1-5-8-16(13(4)18)10-15(17-19-16)14-7-6-11(2)12(3)9-14/h6-7,9H,5,8,10H2,1-4H3. The highest BCUT2D eigenvalue weighted by atomic mass is 16.7. The van der Waals surface area contributed by atoms with Crippen molar-refractivity contribution >= 4 is 11.5 Å². The minimum atomic E-state index is -0.733. The summed E-state index contributed by atoms with van der Waals surface area (Å²) in [4.78, 5) is 17.4. The number of ketones is 1. The number of aryl methyl sites for hydroxylation is 2. The topological polar surface area (TPSA) is 38.7 Å². The van der Waals surface area contributed by atoms with E-state index in [2.05, 4.69) is 38.1 Å². The molecule has 0 spiro atoms. The molecule has 0 N–H and O–H groups in total. The van der Waals surface area contributed by atoms with Gasteiger partial charge in [0.1, 0.15) is 0 Å². The number of nitrogens with zero attached hydrogens (tertiary/aromatic N) is 1. The van der Waals surface area contributed by atoms with Crippen LogP contribution >= 0.6 is 0 Å². The molecule has 0 aromatic heterocycles. The van der Waals surface area contributed by atoms with Crippen LogP contribution in [0.5, 0.6) is 0 Å². The molecule has 0 saturated carbocycles. The highest BCUT2D eigenvalue weighted by Gasteiger charge is 2.43. The van der Waals surface area contributed by atoms with Gasteiger partial charge in [-0.05, 0) is 49.9 Å². The second kappa shape index (κ2) is 5.16. The molecule has 2 rings (SSSR count). The van der Waals surface area contributed by atoms with Crippen molar-refractivity contribution in [1.29, 1.82) is 0 Å². The first-order valence-electron chi connectivity index (χ1n) is 6.82. The molecule has 19 heavy (non-hydrogen) atoms. The summed E-state index contributed by atoms with van der Waals surface area (Å²) in [6.07, 6.45) is 2.22. The molecule has 3 nitrogen and oxygen atoms in total. The molecule has 0 fully saturated rings. The normalized spacial score (nSPS) is 22.0. The lowest BCUT2D eigenvalue weighted by Crippen LogP contribution is -2.37. The minimum absolute atomic E-state index is 0.0666. The van der Waals surface area contributed by atoms with E-state index in [1.807, 2.05) is 6.07 Å². The van der Waals surface area contributed by atoms with Gasteiger partial charge in [0.05, 0.1) is 5.71 Å². The number of hydrogen-bond acceptors (Lipinski definition) is 3. The molecule has 1 aliphatic rings. The molecule has 1 aromatic carbocycles. The van der Waals surface area contributed by atoms with Crippen LogP contribution in [0.3, 0.4) is 0 Å². The van der Waals surface area contributed by atoms with E-state index in [-0.39, 0.29) is 5.78 Å². The molecule has 1 aliphatic heterocycles. The number of Topliss-reactive ketones (excluding diaryl/α,β-unsaturated/α-hetero) is 1. The average molecular weight is 259 g/mol. The van der Waals surface area contributed by atoms with Gasteiger partial charge in [-0.1, -0.05) is 30.6 Å². The highest BCUT2D eigenvalue weighted by molar-refractivity contribution is 6.05. The van der Waals surface area contributed by atoms with Gasteiger partial charge in [-0.2, -0.15) is 0 Å². The Morgan fingerprint density at radius 3 is 2.68 bits per heavy atom. The van der Waals surface area contributed by atoms with E-state index < -0.39 is 5.60 Å². The maximum absolute atomic E-state index is 11.9. The molecule has 1 heterocycles. The van der Waals surface area contributed by atoms with Crippen LogP contribution in [0.25, 0.3) is 0 Å². The number of rotatable bonds is 4. The molecule has 1 atom stereocenters. The van der Waals surface area contributed by atoms with Gasteiger partial charge in [-0.25, -0.2) is 0 Å². The van der Waals surface area contributed by atoms with Crippen molar-refractivity contribution in [2.75, 3.05) is 0 Å². The number of hydrogen-bond donors (Lipinski definition) is 0. The third-order valence-corrected chi connectivity index (χ3v) is 3.92. The lowest BCUT2D eigenvalue weighted by molar-refractivity contribution is -0.140. The van der Waals surface area contributed by atoms with Crippen LogP contribution in [0.2, 0.25) is 0 Å².